The fourth-order valence-electron chi connectivity index (χ4n) is 2.80. The van der Waals surface area contributed by atoms with Crippen LogP contribution >= 0.6 is 0 Å². The van der Waals surface area contributed by atoms with Gasteiger partial charge in [0.05, 0.1) is 14.2 Å². The first kappa shape index (κ1) is 16.8. The highest BCUT2D eigenvalue weighted by Gasteiger charge is 2.23. The first-order chi connectivity index (χ1) is 9.71. The maximum absolute atomic E-state index is 5.53. The summed E-state index contributed by atoms with van der Waals surface area (Å²) in [7, 11) is 5.46. The number of hydrogen-bond acceptors (Lipinski definition) is 3. The second-order valence-electron chi connectivity index (χ2n) is 5.18. The molecule has 1 N–H and O–H groups in total. The van der Waals surface area contributed by atoms with Crippen molar-refractivity contribution in [2.24, 2.45) is 5.92 Å². The highest BCUT2D eigenvalue weighted by atomic mass is 16.5. The van der Waals surface area contributed by atoms with E-state index in [1.54, 1.807) is 14.2 Å². The molecule has 20 heavy (non-hydrogen) atoms. The minimum Gasteiger partial charge on any atom is -0.497 e. The molecule has 3 nitrogen and oxygen atoms in total. The largest absolute Gasteiger partial charge is 0.497 e. The van der Waals surface area contributed by atoms with E-state index in [1.807, 2.05) is 19.2 Å². The summed E-state index contributed by atoms with van der Waals surface area (Å²) in [5, 5.41) is 3.47. The first-order valence-electron chi connectivity index (χ1n) is 7.60. The average molecular weight is 279 g/mol. The van der Waals surface area contributed by atoms with Gasteiger partial charge in [0.2, 0.25) is 0 Å². The summed E-state index contributed by atoms with van der Waals surface area (Å²) in [5.74, 6) is 2.42. The summed E-state index contributed by atoms with van der Waals surface area (Å²) < 4.78 is 10.9. The smallest absolute Gasteiger partial charge is 0.123 e. The minimum absolute atomic E-state index is 0.302. The normalized spacial score (nSPS) is 13.8. The highest BCUT2D eigenvalue weighted by molar-refractivity contribution is 5.42. The van der Waals surface area contributed by atoms with Gasteiger partial charge in [0.1, 0.15) is 11.5 Å². The molecule has 0 heterocycles. The monoisotopic (exact) mass is 279 g/mol. The van der Waals surface area contributed by atoms with E-state index in [2.05, 4.69) is 25.2 Å². The van der Waals surface area contributed by atoms with Gasteiger partial charge < -0.3 is 14.8 Å². The first-order valence-corrected chi connectivity index (χ1v) is 7.60. The Morgan fingerprint density at radius 1 is 1.15 bits per heavy atom. The number of nitrogens with one attached hydrogen (secondary N) is 1. The Morgan fingerprint density at radius 2 is 1.90 bits per heavy atom. The van der Waals surface area contributed by atoms with Crippen molar-refractivity contribution in [3.8, 4) is 11.5 Å². The Bertz CT molecular complexity index is 393. The fourth-order valence-corrected chi connectivity index (χ4v) is 2.80. The van der Waals surface area contributed by atoms with E-state index < -0.39 is 0 Å². The third kappa shape index (κ3) is 4.14. The van der Waals surface area contributed by atoms with Gasteiger partial charge in [0.25, 0.3) is 0 Å². The third-order valence-electron chi connectivity index (χ3n) is 4.01. The Hall–Kier alpha value is -1.22. The van der Waals surface area contributed by atoms with E-state index in [0.29, 0.717) is 12.0 Å². The number of benzene rings is 1. The molecule has 1 aromatic rings. The molecular weight excluding hydrogens is 250 g/mol. The van der Waals surface area contributed by atoms with Crippen LogP contribution in [0.3, 0.4) is 0 Å². The van der Waals surface area contributed by atoms with Crippen LogP contribution < -0.4 is 14.8 Å². The Kier molecular flexibility index (Phi) is 7.45. The van der Waals surface area contributed by atoms with Crippen molar-refractivity contribution in [1.82, 2.24) is 5.32 Å². The van der Waals surface area contributed by atoms with Crippen molar-refractivity contribution in [3.63, 3.8) is 0 Å². The van der Waals surface area contributed by atoms with Gasteiger partial charge in [-0.25, -0.2) is 0 Å². The average Bonchev–Trinajstić information content (AvgIpc) is 2.50. The van der Waals surface area contributed by atoms with Crippen molar-refractivity contribution < 1.29 is 9.47 Å². The number of unbranched alkanes of at least 4 members (excludes halogenated alkanes) is 1. The van der Waals surface area contributed by atoms with Crippen LogP contribution in [0.15, 0.2) is 18.2 Å². The molecule has 114 valence electrons. The molecule has 2 unspecified atom stereocenters. The van der Waals surface area contributed by atoms with Gasteiger partial charge in [-0.2, -0.15) is 0 Å². The number of hydrogen-bond donors (Lipinski definition) is 1. The van der Waals surface area contributed by atoms with Crippen LogP contribution in [-0.4, -0.2) is 21.3 Å². The van der Waals surface area contributed by atoms with Crippen molar-refractivity contribution in [3.05, 3.63) is 23.8 Å². The maximum atomic E-state index is 5.53. The molecule has 0 radical (unpaired) electrons. The lowest BCUT2D eigenvalue weighted by Gasteiger charge is -2.28. The molecule has 0 aliphatic heterocycles. The Labute approximate surface area is 123 Å². The molecule has 0 fully saturated rings. The van der Waals surface area contributed by atoms with Crippen molar-refractivity contribution >= 4 is 0 Å². The zero-order valence-electron chi connectivity index (χ0n) is 13.5. The maximum Gasteiger partial charge on any atom is 0.123 e. The van der Waals surface area contributed by atoms with Gasteiger partial charge in [0, 0.05) is 11.6 Å². The summed E-state index contributed by atoms with van der Waals surface area (Å²) in [4.78, 5) is 0. The second-order valence-corrected chi connectivity index (χ2v) is 5.18. The molecule has 0 saturated heterocycles. The quantitative estimate of drug-likeness (QED) is 0.735. The van der Waals surface area contributed by atoms with Crippen molar-refractivity contribution in [2.75, 3.05) is 21.3 Å². The standard InChI is InChI=1S/C17H29NO2/c1-6-8-9-13(7-2)17(18-3)15-12-14(19-4)10-11-16(15)20-5/h10-13,17-18H,6-9H2,1-5H3. The van der Waals surface area contributed by atoms with Gasteiger partial charge in [-0.15, -0.1) is 0 Å². The molecule has 0 aromatic heterocycles. The molecular formula is C17H29NO2. The molecule has 3 heteroatoms. The predicted octanol–water partition coefficient (Wildman–Crippen LogP) is 4.18. The summed E-state index contributed by atoms with van der Waals surface area (Å²) in [5.41, 5.74) is 1.19. The molecule has 0 aliphatic rings. The van der Waals surface area contributed by atoms with Crippen LogP contribution in [0.2, 0.25) is 0 Å². The summed E-state index contributed by atoms with van der Waals surface area (Å²) in [6.45, 7) is 4.50. The van der Waals surface area contributed by atoms with Crippen molar-refractivity contribution in [2.45, 2.75) is 45.6 Å². The number of rotatable bonds is 9. The summed E-state index contributed by atoms with van der Waals surface area (Å²) in [6, 6.07) is 6.33. The number of ether oxygens (including phenoxy) is 2. The molecule has 0 bridgehead atoms. The van der Waals surface area contributed by atoms with Gasteiger partial charge in [-0.1, -0.05) is 33.1 Å². The predicted molar refractivity (Wildman–Crippen MR) is 84.7 cm³/mol. The van der Waals surface area contributed by atoms with Crippen LogP contribution in [0, 0.1) is 5.92 Å². The molecule has 2 atom stereocenters. The van der Waals surface area contributed by atoms with E-state index in [-0.39, 0.29) is 0 Å². The molecule has 1 aromatic carbocycles. The van der Waals surface area contributed by atoms with E-state index in [4.69, 9.17) is 9.47 Å². The van der Waals surface area contributed by atoms with E-state index in [1.165, 1.54) is 24.8 Å². The lowest BCUT2D eigenvalue weighted by atomic mass is 9.86. The van der Waals surface area contributed by atoms with Crippen LogP contribution in [0.5, 0.6) is 11.5 Å². The zero-order chi connectivity index (χ0) is 15.0. The molecule has 0 spiro atoms. The SMILES string of the molecule is CCCCC(CC)C(NC)c1cc(OC)ccc1OC. The van der Waals surface area contributed by atoms with Crippen LogP contribution in [0.1, 0.15) is 51.1 Å². The van der Waals surface area contributed by atoms with Crippen LogP contribution in [0.25, 0.3) is 0 Å². The Morgan fingerprint density at radius 3 is 2.40 bits per heavy atom. The van der Waals surface area contributed by atoms with Crippen LogP contribution in [-0.2, 0) is 0 Å². The van der Waals surface area contributed by atoms with E-state index >= 15 is 0 Å². The molecule has 0 saturated carbocycles. The van der Waals surface area contributed by atoms with Gasteiger partial charge in [-0.05, 0) is 37.6 Å². The Balaban J connectivity index is 3.07. The summed E-state index contributed by atoms with van der Waals surface area (Å²) in [6.07, 6.45) is 4.90. The van der Waals surface area contributed by atoms with Gasteiger partial charge in [0.15, 0.2) is 0 Å². The fraction of sp³-hybridized carbons (Fsp3) is 0.647. The van der Waals surface area contributed by atoms with E-state index in [9.17, 15) is 0 Å². The lowest BCUT2D eigenvalue weighted by molar-refractivity contribution is 0.322. The lowest BCUT2D eigenvalue weighted by Crippen LogP contribution is -2.25. The molecule has 0 aliphatic carbocycles. The van der Waals surface area contributed by atoms with Crippen LogP contribution in [0.4, 0.5) is 0 Å². The van der Waals surface area contributed by atoms with Gasteiger partial charge in [-0.3, -0.25) is 0 Å². The molecule has 1 rings (SSSR count). The van der Waals surface area contributed by atoms with Gasteiger partial charge >= 0.3 is 0 Å². The highest BCUT2D eigenvalue weighted by Crippen LogP contribution is 2.36. The minimum atomic E-state index is 0.302. The van der Waals surface area contributed by atoms with Crippen molar-refractivity contribution in [1.29, 1.82) is 0 Å². The zero-order valence-corrected chi connectivity index (χ0v) is 13.5. The third-order valence-corrected chi connectivity index (χ3v) is 4.01. The van der Waals surface area contributed by atoms with E-state index in [0.717, 1.165) is 17.9 Å². The number of methoxy groups -OCH3 is 2. The summed E-state index contributed by atoms with van der Waals surface area (Å²) >= 11 is 0. The second kappa shape index (κ2) is 8.85. The topological polar surface area (TPSA) is 30.5 Å². The molecule has 0 amide bonds.